The summed E-state index contributed by atoms with van der Waals surface area (Å²) >= 11 is 5.88. The Labute approximate surface area is 125 Å². The quantitative estimate of drug-likeness (QED) is 0.640. The van der Waals surface area contributed by atoms with Crippen molar-refractivity contribution >= 4 is 29.2 Å². The van der Waals surface area contributed by atoms with Gasteiger partial charge in [0.1, 0.15) is 5.02 Å². The van der Waals surface area contributed by atoms with Gasteiger partial charge in [-0.1, -0.05) is 17.7 Å². The maximum Gasteiger partial charge on any atom is 0.305 e. The monoisotopic (exact) mass is 312 g/mol. The standard InChI is InChI=1S/C13H13ClN2O5/c14-11-8(3-1-4-9(11)16(20)21)12(19)15-13(5-2-6-13)7-10(17)18/h1,3-4H,2,5-7H2,(H,15,19)(H,17,18). The number of amides is 1. The van der Waals surface area contributed by atoms with Crippen LogP contribution < -0.4 is 5.32 Å². The minimum Gasteiger partial charge on any atom is -0.481 e. The number of halogens is 1. The minimum absolute atomic E-state index is 0.0254. The van der Waals surface area contributed by atoms with Crippen LogP contribution in [0.5, 0.6) is 0 Å². The zero-order valence-corrected chi connectivity index (χ0v) is 11.7. The van der Waals surface area contributed by atoms with Gasteiger partial charge in [0.2, 0.25) is 0 Å². The van der Waals surface area contributed by atoms with Crippen molar-refractivity contribution in [2.75, 3.05) is 0 Å². The Morgan fingerprint density at radius 3 is 2.57 bits per heavy atom. The molecule has 1 aromatic rings. The van der Waals surface area contributed by atoms with Crippen molar-refractivity contribution in [2.45, 2.75) is 31.2 Å². The summed E-state index contributed by atoms with van der Waals surface area (Å²) in [5.41, 5.74) is -1.16. The molecule has 0 spiro atoms. The topological polar surface area (TPSA) is 110 Å². The number of nitrogens with one attached hydrogen (secondary N) is 1. The summed E-state index contributed by atoms with van der Waals surface area (Å²) in [4.78, 5) is 33.2. The Bertz CT molecular complexity index is 613. The van der Waals surface area contributed by atoms with Crippen LogP contribution in [0.2, 0.25) is 5.02 Å². The second-order valence-corrected chi connectivity index (χ2v) is 5.43. The molecule has 1 fully saturated rings. The third-order valence-corrected chi connectivity index (χ3v) is 4.00. The smallest absolute Gasteiger partial charge is 0.305 e. The molecule has 0 saturated heterocycles. The van der Waals surface area contributed by atoms with Crippen molar-refractivity contribution < 1.29 is 19.6 Å². The van der Waals surface area contributed by atoms with Gasteiger partial charge in [0.05, 0.1) is 22.4 Å². The molecule has 0 atom stereocenters. The number of carbonyl (C=O) groups is 2. The summed E-state index contributed by atoms with van der Waals surface area (Å²) in [5.74, 6) is -1.59. The van der Waals surface area contributed by atoms with E-state index < -0.39 is 22.3 Å². The molecular formula is C13H13ClN2O5. The predicted molar refractivity (Wildman–Crippen MR) is 74.4 cm³/mol. The third kappa shape index (κ3) is 3.13. The second-order valence-electron chi connectivity index (χ2n) is 5.05. The van der Waals surface area contributed by atoms with E-state index in [-0.39, 0.29) is 22.7 Å². The lowest BCUT2D eigenvalue weighted by Gasteiger charge is -2.41. The molecule has 0 heterocycles. The second kappa shape index (κ2) is 5.69. The zero-order valence-electron chi connectivity index (χ0n) is 11.0. The summed E-state index contributed by atoms with van der Waals surface area (Å²) in [6, 6.07) is 3.94. The molecule has 1 aliphatic carbocycles. The number of nitro groups is 1. The van der Waals surface area contributed by atoms with Crippen LogP contribution in [0, 0.1) is 10.1 Å². The number of nitro benzene ring substituents is 1. The highest BCUT2D eigenvalue weighted by molar-refractivity contribution is 6.35. The molecule has 0 radical (unpaired) electrons. The Morgan fingerprint density at radius 2 is 2.10 bits per heavy atom. The Balaban J connectivity index is 2.23. The number of nitrogens with zero attached hydrogens (tertiary/aromatic N) is 1. The summed E-state index contributed by atoms with van der Waals surface area (Å²) < 4.78 is 0. The highest BCUT2D eigenvalue weighted by Crippen LogP contribution is 2.36. The number of carboxylic acids is 1. The molecule has 1 saturated carbocycles. The molecule has 1 amide bonds. The van der Waals surface area contributed by atoms with E-state index >= 15 is 0 Å². The van der Waals surface area contributed by atoms with Crippen molar-refractivity contribution in [3.05, 3.63) is 38.9 Å². The summed E-state index contributed by atoms with van der Waals surface area (Å²) in [7, 11) is 0. The van der Waals surface area contributed by atoms with E-state index in [1.807, 2.05) is 0 Å². The molecule has 8 heteroatoms. The Hall–Kier alpha value is -2.15. The average molecular weight is 313 g/mol. The molecule has 7 nitrogen and oxygen atoms in total. The summed E-state index contributed by atoms with van der Waals surface area (Å²) in [5, 5.41) is 22.1. The van der Waals surface area contributed by atoms with Gasteiger partial charge in [0, 0.05) is 6.07 Å². The molecule has 1 aliphatic rings. The van der Waals surface area contributed by atoms with Crippen LogP contribution in [0.25, 0.3) is 0 Å². The summed E-state index contributed by atoms with van der Waals surface area (Å²) in [6.45, 7) is 0. The first-order valence-electron chi connectivity index (χ1n) is 6.32. The third-order valence-electron chi connectivity index (χ3n) is 3.60. The van der Waals surface area contributed by atoms with E-state index in [0.29, 0.717) is 12.8 Å². The number of benzene rings is 1. The highest BCUT2D eigenvalue weighted by atomic mass is 35.5. The van der Waals surface area contributed by atoms with E-state index in [9.17, 15) is 19.7 Å². The van der Waals surface area contributed by atoms with Crippen molar-refractivity contribution in [3.63, 3.8) is 0 Å². The largest absolute Gasteiger partial charge is 0.481 e. The van der Waals surface area contributed by atoms with Gasteiger partial charge in [0.15, 0.2) is 0 Å². The zero-order chi connectivity index (χ0) is 15.6. The molecule has 0 bridgehead atoms. The van der Waals surface area contributed by atoms with Crippen LogP contribution >= 0.6 is 11.6 Å². The molecule has 0 aliphatic heterocycles. The fourth-order valence-electron chi connectivity index (χ4n) is 2.38. The van der Waals surface area contributed by atoms with E-state index in [4.69, 9.17) is 16.7 Å². The van der Waals surface area contributed by atoms with Crippen molar-refractivity contribution in [1.82, 2.24) is 5.32 Å². The van der Waals surface area contributed by atoms with Crippen LogP contribution in [0.3, 0.4) is 0 Å². The number of hydrogen-bond acceptors (Lipinski definition) is 4. The molecule has 21 heavy (non-hydrogen) atoms. The molecule has 0 unspecified atom stereocenters. The lowest BCUT2D eigenvalue weighted by atomic mass is 9.74. The molecule has 112 valence electrons. The van der Waals surface area contributed by atoms with E-state index in [1.165, 1.54) is 18.2 Å². The van der Waals surface area contributed by atoms with Gasteiger partial charge in [-0.25, -0.2) is 0 Å². The SMILES string of the molecule is O=C(O)CC1(NC(=O)c2cccc([N+](=O)[O-])c2Cl)CCC1. The molecule has 2 N–H and O–H groups in total. The van der Waals surface area contributed by atoms with Crippen molar-refractivity contribution in [3.8, 4) is 0 Å². The lowest BCUT2D eigenvalue weighted by molar-refractivity contribution is -0.384. The maximum absolute atomic E-state index is 12.2. The number of carboxylic acid groups (broad SMARTS) is 1. The van der Waals surface area contributed by atoms with Gasteiger partial charge in [-0.2, -0.15) is 0 Å². The van der Waals surface area contributed by atoms with Crippen LogP contribution in [0.4, 0.5) is 5.69 Å². The number of hydrogen-bond donors (Lipinski definition) is 2. The van der Waals surface area contributed by atoms with Gasteiger partial charge in [-0.15, -0.1) is 0 Å². The van der Waals surface area contributed by atoms with Crippen LogP contribution in [0.15, 0.2) is 18.2 Å². The lowest BCUT2D eigenvalue weighted by Crippen LogP contribution is -2.54. The van der Waals surface area contributed by atoms with Crippen LogP contribution in [-0.4, -0.2) is 27.4 Å². The van der Waals surface area contributed by atoms with Crippen molar-refractivity contribution in [2.24, 2.45) is 0 Å². The molecule has 1 aromatic carbocycles. The molecule has 2 rings (SSSR count). The highest BCUT2D eigenvalue weighted by Gasteiger charge is 2.41. The Morgan fingerprint density at radius 1 is 1.43 bits per heavy atom. The van der Waals surface area contributed by atoms with Gasteiger partial charge in [-0.05, 0) is 25.3 Å². The van der Waals surface area contributed by atoms with E-state index in [0.717, 1.165) is 6.42 Å². The van der Waals surface area contributed by atoms with Crippen LogP contribution in [0.1, 0.15) is 36.0 Å². The first kappa shape index (κ1) is 15.2. The van der Waals surface area contributed by atoms with Crippen LogP contribution in [-0.2, 0) is 4.79 Å². The van der Waals surface area contributed by atoms with E-state index in [2.05, 4.69) is 5.32 Å². The number of rotatable bonds is 5. The van der Waals surface area contributed by atoms with Crippen molar-refractivity contribution in [1.29, 1.82) is 0 Å². The van der Waals surface area contributed by atoms with Gasteiger partial charge in [-0.3, -0.25) is 19.7 Å². The van der Waals surface area contributed by atoms with Gasteiger partial charge < -0.3 is 10.4 Å². The number of carbonyl (C=O) groups excluding carboxylic acids is 1. The minimum atomic E-state index is -1.000. The van der Waals surface area contributed by atoms with Gasteiger partial charge >= 0.3 is 5.97 Å². The average Bonchev–Trinajstić information content (AvgIpc) is 2.35. The first-order valence-corrected chi connectivity index (χ1v) is 6.70. The normalized spacial score (nSPS) is 15.9. The first-order chi connectivity index (χ1) is 9.84. The van der Waals surface area contributed by atoms with Gasteiger partial charge in [0.25, 0.3) is 11.6 Å². The fourth-order valence-corrected chi connectivity index (χ4v) is 2.66. The fraction of sp³-hybridized carbons (Fsp3) is 0.385. The van der Waals surface area contributed by atoms with E-state index in [1.54, 1.807) is 0 Å². The summed E-state index contributed by atoms with van der Waals surface area (Å²) in [6.07, 6.45) is 1.79. The molecule has 0 aromatic heterocycles. The molecular weight excluding hydrogens is 300 g/mol. The maximum atomic E-state index is 12.2. The number of aliphatic carboxylic acids is 1. The Kier molecular flexibility index (Phi) is 4.13. The predicted octanol–water partition coefficient (Wildman–Crippen LogP) is 2.38.